The highest BCUT2D eigenvalue weighted by atomic mass is 79.9. The van der Waals surface area contributed by atoms with Gasteiger partial charge in [-0.15, -0.1) is 0 Å². The maximum atomic E-state index is 6.27. The molecule has 3 aromatic rings. The van der Waals surface area contributed by atoms with Gasteiger partial charge in [-0.3, -0.25) is 0 Å². The summed E-state index contributed by atoms with van der Waals surface area (Å²) in [4.78, 5) is 0. The monoisotopic (exact) mass is 459 g/mol. The number of hydrogen-bond donors (Lipinski definition) is 1. The van der Waals surface area contributed by atoms with Crippen molar-refractivity contribution in [3.63, 3.8) is 0 Å². The summed E-state index contributed by atoms with van der Waals surface area (Å²) in [6, 6.07) is 22.1. The average Bonchev–Trinajstić information content (AvgIpc) is 2.73. The number of halogens is 2. The second-order valence-electron chi connectivity index (χ2n) is 6.45. The van der Waals surface area contributed by atoms with Gasteiger partial charge in [-0.25, -0.2) is 0 Å². The lowest BCUT2D eigenvalue weighted by molar-refractivity contribution is 0.280. The molecular weight excluding hydrogens is 438 g/mol. The Hall–Kier alpha value is -2.01. The highest BCUT2D eigenvalue weighted by Gasteiger charge is 2.16. The van der Waals surface area contributed by atoms with Crippen LogP contribution in [0.15, 0.2) is 71.2 Å². The molecule has 1 unspecified atom stereocenters. The fourth-order valence-electron chi connectivity index (χ4n) is 2.95. The molecule has 0 fully saturated rings. The molecule has 3 rings (SSSR count). The zero-order valence-electron chi connectivity index (χ0n) is 15.9. The zero-order valence-corrected chi connectivity index (χ0v) is 18.3. The molecule has 0 aliphatic heterocycles. The molecule has 0 aromatic heterocycles. The molecule has 28 heavy (non-hydrogen) atoms. The van der Waals surface area contributed by atoms with Crippen LogP contribution >= 0.6 is 27.5 Å². The van der Waals surface area contributed by atoms with Crippen LogP contribution in [0.5, 0.6) is 11.5 Å². The fraction of sp³-hybridized carbons (Fsp3) is 0.217. The third-order valence-electron chi connectivity index (χ3n) is 4.60. The number of hydrogen-bond acceptors (Lipinski definition) is 3. The van der Waals surface area contributed by atoms with E-state index >= 15 is 0 Å². The van der Waals surface area contributed by atoms with Crippen molar-refractivity contribution < 1.29 is 9.47 Å². The van der Waals surface area contributed by atoms with E-state index in [0.29, 0.717) is 29.7 Å². The second-order valence-corrected chi connectivity index (χ2v) is 7.71. The lowest BCUT2D eigenvalue weighted by Crippen LogP contribution is -2.19. The lowest BCUT2D eigenvalue weighted by atomic mass is 10.1. The first-order valence-electron chi connectivity index (χ1n) is 9.10. The Bertz CT molecular complexity index is 918. The van der Waals surface area contributed by atoms with E-state index in [-0.39, 0.29) is 6.04 Å². The van der Waals surface area contributed by atoms with Crippen molar-refractivity contribution in [3.8, 4) is 11.5 Å². The zero-order chi connectivity index (χ0) is 19.9. The van der Waals surface area contributed by atoms with Crippen molar-refractivity contribution >= 4 is 27.5 Å². The van der Waals surface area contributed by atoms with Crippen LogP contribution < -0.4 is 14.8 Å². The third kappa shape index (κ3) is 5.07. The van der Waals surface area contributed by atoms with Gasteiger partial charge in [0, 0.05) is 33.2 Å². The Morgan fingerprint density at radius 1 is 1.00 bits per heavy atom. The van der Waals surface area contributed by atoms with Gasteiger partial charge in [0.2, 0.25) is 0 Å². The summed E-state index contributed by atoms with van der Waals surface area (Å²) in [5, 5.41) is 4.25. The van der Waals surface area contributed by atoms with E-state index in [9.17, 15) is 0 Å². The van der Waals surface area contributed by atoms with Gasteiger partial charge >= 0.3 is 0 Å². The SMILES string of the molecule is COc1ccc(Br)c(CNC(C)c2ccccc2)c1OCc1ccccc1Cl. The van der Waals surface area contributed by atoms with Gasteiger partial charge in [-0.2, -0.15) is 0 Å². The first-order valence-corrected chi connectivity index (χ1v) is 10.3. The fourth-order valence-corrected chi connectivity index (χ4v) is 3.59. The van der Waals surface area contributed by atoms with Crippen LogP contribution in [0.2, 0.25) is 5.02 Å². The Balaban J connectivity index is 1.80. The smallest absolute Gasteiger partial charge is 0.167 e. The molecule has 0 bridgehead atoms. The van der Waals surface area contributed by atoms with Crippen molar-refractivity contribution in [2.45, 2.75) is 26.1 Å². The summed E-state index contributed by atoms with van der Waals surface area (Å²) in [6.07, 6.45) is 0. The van der Waals surface area contributed by atoms with Crippen LogP contribution in [-0.4, -0.2) is 7.11 Å². The Kier molecular flexibility index (Phi) is 7.37. The molecule has 0 saturated carbocycles. The van der Waals surface area contributed by atoms with E-state index in [1.165, 1.54) is 5.56 Å². The Morgan fingerprint density at radius 3 is 2.43 bits per heavy atom. The van der Waals surface area contributed by atoms with Crippen LogP contribution in [0.4, 0.5) is 0 Å². The number of benzene rings is 3. The molecule has 0 aliphatic rings. The van der Waals surface area contributed by atoms with Crippen LogP contribution in [-0.2, 0) is 13.2 Å². The molecule has 3 aromatic carbocycles. The number of methoxy groups -OCH3 is 1. The molecule has 0 heterocycles. The highest BCUT2D eigenvalue weighted by Crippen LogP contribution is 2.37. The first kappa shape index (κ1) is 20.7. The molecule has 1 N–H and O–H groups in total. The molecule has 0 radical (unpaired) electrons. The quantitative estimate of drug-likeness (QED) is 0.414. The maximum Gasteiger partial charge on any atom is 0.167 e. The van der Waals surface area contributed by atoms with Crippen LogP contribution in [0.3, 0.4) is 0 Å². The molecule has 5 heteroatoms. The van der Waals surface area contributed by atoms with Gasteiger partial charge in [0.1, 0.15) is 6.61 Å². The normalized spacial score (nSPS) is 11.9. The first-order chi connectivity index (χ1) is 13.6. The molecule has 3 nitrogen and oxygen atoms in total. The van der Waals surface area contributed by atoms with Crippen molar-refractivity contribution in [2.75, 3.05) is 7.11 Å². The number of ether oxygens (including phenoxy) is 2. The molecule has 0 aliphatic carbocycles. The van der Waals surface area contributed by atoms with E-state index in [1.807, 2.05) is 54.6 Å². The molecule has 146 valence electrons. The number of rotatable bonds is 8. The lowest BCUT2D eigenvalue weighted by Gasteiger charge is -2.20. The summed E-state index contributed by atoms with van der Waals surface area (Å²) in [7, 11) is 1.65. The highest BCUT2D eigenvalue weighted by molar-refractivity contribution is 9.10. The van der Waals surface area contributed by atoms with Gasteiger partial charge in [0.25, 0.3) is 0 Å². The summed E-state index contributed by atoms with van der Waals surface area (Å²) in [5.41, 5.74) is 3.18. The molecular formula is C23H23BrClNO2. The topological polar surface area (TPSA) is 30.5 Å². The van der Waals surface area contributed by atoms with E-state index < -0.39 is 0 Å². The standard InChI is InChI=1S/C23H23BrClNO2/c1-16(17-8-4-3-5-9-17)26-14-19-20(24)12-13-22(27-2)23(19)28-15-18-10-6-7-11-21(18)25/h3-13,16,26H,14-15H2,1-2H3. The summed E-state index contributed by atoms with van der Waals surface area (Å²) < 4.78 is 12.7. The summed E-state index contributed by atoms with van der Waals surface area (Å²) in [6.45, 7) is 3.15. The van der Waals surface area contributed by atoms with Crippen molar-refractivity contribution in [1.82, 2.24) is 5.32 Å². The maximum absolute atomic E-state index is 6.27. The van der Waals surface area contributed by atoms with E-state index in [0.717, 1.165) is 15.6 Å². The van der Waals surface area contributed by atoms with Gasteiger partial charge in [0.15, 0.2) is 11.5 Å². The average molecular weight is 461 g/mol. The Morgan fingerprint density at radius 2 is 1.71 bits per heavy atom. The van der Waals surface area contributed by atoms with Crippen molar-refractivity contribution in [2.24, 2.45) is 0 Å². The van der Waals surface area contributed by atoms with Gasteiger partial charge in [-0.1, -0.05) is 76.1 Å². The van der Waals surface area contributed by atoms with E-state index in [2.05, 4.69) is 40.3 Å². The van der Waals surface area contributed by atoms with Gasteiger partial charge in [-0.05, 0) is 30.7 Å². The third-order valence-corrected chi connectivity index (χ3v) is 5.71. The largest absolute Gasteiger partial charge is 0.493 e. The predicted octanol–water partition coefficient (Wildman–Crippen LogP) is 6.54. The van der Waals surface area contributed by atoms with Crippen LogP contribution in [0, 0.1) is 0 Å². The van der Waals surface area contributed by atoms with Crippen LogP contribution in [0.1, 0.15) is 29.7 Å². The minimum Gasteiger partial charge on any atom is -0.493 e. The molecule has 0 amide bonds. The molecule has 1 atom stereocenters. The summed E-state index contributed by atoms with van der Waals surface area (Å²) in [5.74, 6) is 1.41. The van der Waals surface area contributed by atoms with Crippen molar-refractivity contribution in [1.29, 1.82) is 0 Å². The minimum absolute atomic E-state index is 0.204. The van der Waals surface area contributed by atoms with Crippen LogP contribution in [0.25, 0.3) is 0 Å². The molecule has 0 saturated heterocycles. The molecule has 0 spiro atoms. The van der Waals surface area contributed by atoms with E-state index in [1.54, 1.807) is 7.11 Å². The predicted molar refractivity (Wildman–Crippen MR) is 118 cm³/mol. The second kappa shape index (κ2) is 9.97. The Labute approximate surface area is 179 Å². The van der Waals surface area contributed by atoms with Gasteiger partial charge < -0.3 is 14.8 Å². The van der Waals surface area contributed by atoms with E-state index in [4.69, 9.17) is 21.1 Å². The summed E-state index contributed by atoms with van der Waals surface area (Å²) >= 11 is 9.93. The number of nitrogens with one attached hydrogen (secondary N) is 1. The van der Waals surface area contributed by atoms with Crippen molar-refractivity contribution in [3.05, 3.63) is 92.9 Å². The van der Waals surface area contributed by atoms with Gasteiger partial charge in [0.05, 0.1) is 7.11 Å². The minimum atomic E-state index is 0.204.